The topological polar surface area (TPSA) is 109 Å². The Labute approximate surface area is 173 Å². The van der Waals surface area contributed by atoms with Gasteiger partial charge in [-0.1, -0.05) is 11.6 Å². The van der Waals surface area contributed by atoms with Crippen molar-refractivity contribution in [1.29, 1.82) is 0 Å². The van der Waals surface area contributed by atoms with Crippen molar-refractivity contribution in [2.45, 2.75) is 6.18 Å². The second kappa shape index (κ2) is 7.83. The molecule has 0 spiro atoms. The lowest BCUT2D eigenvalue weighted by Crippen LogP contribution is -2.41. The van der Waals surface area contributed by atoms with Crippen LogP contribution in [-0.2, 0) is 13.2 Å². The monoisotopic (exact) mass is 460 g/mol. The Balaban J connectivity index is 2.20. The molecular weight excluding hydrogens is 452 g/mol. The van der Waals surface area contributed by atoms with Crippen molar-refractivity contribution in [3.63, 3.8) is 0 Å². The second-order valence-electron chi connectivity index (χ2n) is 5.96. The minimum Gasteiger partial charge on any atom is -0.432 e. The van der Waals surface area contributed by atoms with E-state index in [0.717, 1.165) is 25.4 Å². The van der Waals surface area contributed by atoms with E-state index in [1.807, 2.05) is 0 Å². The van der Waals surface area contributed by atoms with Gasteiger partial charge in [0.1, 0.15) is 11.5 Å². The van der Waals surface area contributed by atoms with Gasteiger partial charge in [0.2, 0.25) is 0 Å². The minimum absolute atomic E-state index is 0.125. The van der Waals surface area contributed by atoms with Crippen molar-refractivity contribution < 1.29 is 27.2 Å². The molecule has 2 heterocycles. The fourth-order valence-electron chi connectivity index (χ4n) is 2.59. The molecule has 0 aliphatic carbocycles. The quantitative estimate of drug-likeness (QED) is 0.335. The Morgan fingerprint density at radius 3 is 2.52 bits per heavy atom. The molecule has 14 heteroatoms. The fraction of sp³-hybridized carbons (Fsp3) is 0.118. The number of ether oxygens (including phenoxy) is 1. The van der Waals surface area contributed by atoms with Gasteiger partial charge < -0.3 is 4.74 Å². The third-order valence-electron chi connectivity index (χ3n) is 4.01. The lowest BCUT2D eigenvalue weighted by molar-refractivity contribution is -0.386. The molecule has 3 rings (SSSR count). The standard InChI is InChI=1S/C17H9ClF4N4O5/c1-24-13(17(20,21)22)7-14(27)25(16(24)28)11-6-12(8(18)5-9(11)19)31-15-10(26(29)30)3-2-4-23-15/h2-7H,1H3. The summed E-state index contributed by atoms with van der Waals surface area (Å²) in [6, 6.07) is 3.82. The van der Waals surface area contributed by atoms with Crippen molar-refractivity contribution in [2.24, 2.45) is 7.05 Å². The Hall–Kier alpha value is -3.74. The van der Waals surface area contributed by atoms with Gasteiger partial charge in [-0.25, -0.2) is 18.7 Å². The first-order chi connectivity index (χ1) is 14.4. The third-order valence-corrected chi connectivity index (χ3v) is 4.30. The van der Waals surface area contributed by atoms with Crippen LogP contribution in [0.25, 0.3) is 5.69 Å². The molecule has 0 N–H and O–H groups in total. The zero-order chi connectivity index (χ0) is 23.1. The van der Waals surface area contributed by atoms with E-state index in [1.54, 1.807) is 0 Å². The van der Waals surface area contributed by atoms with Crippen molar-refractivity contribution in [3.05, 3.63) is 84.0 Å². The van der Waals surface area contributed by atoms with Crippen LogP contribution in [0.4, 0.5) is 23.2 Å². The number of hydrogen-bond donors (Lipinski definition) is 0. The molecular formula is C17H9ClF4N4O5. The summed E-state index contributed by atoms with van der Waals surface area (Å²) in [4.78, 5) is 38.6. The maximum absolute atomic E-state index is 14.5. The predicted molar refractivity (Wildman–Crippen MR) is 98.2 cm³/mol. The van der Waals surface area contributed by atoms with Gasteiger partial charge in [-0.3, -0.25) is 19.5 Å². The lowest BCUT2D eigenvalue weighted by atomic mass is 10.2. The highest BCUT2D eigenvalue weighted by Gasteiger charge is 2.35. The molecule has 0 bridgehead atoms. The van der Waals surface area contributed by atoms with Crippen LogP contribution < -0.4 is 16.0 Å². The van der Waals surface area contributed by atoms with E-state index in [1.165, 1.54) is 6.07 Å². The number of pyridine rings is 1. The minimum atomic E-state index is -5.00. The highest BCUT2D eigenvalue weighted by atomic mass is 35.5. The van der Waals surface area contributed by atoms with Crippen molar-refractivity contribution in [2.75, 3.05) is 0 Å². The van der Waals surface area contributed by atoms with E-state index >= 15 is 0 Å². The first kappa shape index (κ1) is 22.0. The molecule has 1 aromatic carbocycles. The van der Waals surface area contributed by atoms with E-state index in [-0.39, 0.29) is 15.2 Å². The molecule has 31 heavy (non-hydrogen) atoms. The van der Waals surface area contributed by atoms with Crippen LogP contribution in [0.1, 0.15) is 5.69 Å². The Kier molecular flexibility index (Phi) is 5.55. The molecule has 2 aromatic heterocycles. The molecule has 0 amide bonds. The van der Waals surface area contributed by atoms with Gasteiger partial charge in [0.25, 0.3) is 11.4 Å². The van der Waals surface area contributed by atoms with Gasteiger partial charge in [0, 0.05) is 31.4 Å². The van der Waals surface area contributed by atoms with E-state index in [2.05, 4.69) is 4.98 Å². The van der Waals surface area contributed by atoms with Crippen LogP contribution >= 0.6 is 11.6 Å². The first-order valence-corrected chi connectivity index (χ1v) is 8.46. The number of hydrogen-bond acceptors (Lipinski definition) is 6. The van der Waals surface area contributed by atoms with Crippen molar-refractivity contribution in [1.82, 2.24) is 14.1 Å². The van der Waals surface area contributed by atoms with Gasteiger partial charge in [-0.05, 0) is 12.1 Å². The number of aromatic nitrogens is 3. The molecule has 0 saturated heterocycles. The van der Waals surface area contributed by atoms with Crippen molar-refractivity contribution >= 4 is 17.3 Å². The fourth-order valence-corrected chi connectivity index (χ4v) is 2.78. The van der Waals surface area contributed by atoms with Crippen LogP contribution in [0.5, 0.6) is 11.6 Å². The van der Waals surface area contributed by atoms with Crippen LogP contribution in [0.3, 0.4) is 0 Å². The van der Waals surface area contributed by atoms with Gasteiger partial charge in [-0.2, -0.15) is 13.2 Å². The second-order valence-corrected chi connectivity index (χ2v) is 6.37. The molecule has 0 aliphatic heterocycles. The average molecular weight is 461 g/mol. The molecule has 0 atom stereocenters. The molecule has 0 unspecified atom stereocenters. The van der Waals surface area contributed by atoms with Crippen LogP contribution in [-0.4, -0.2) is 19.0 Å². The van der Waals surface area contributed by atoms with Crippen LogP contribution in [0.2, 0.25) is 5.02 Å². The van der Waals surface area contributed by atoms with E-state index in [0.29, 0.717) is 6.07 Å². The first-order valence-electron chi connectivity index (χ1n) is 8.08. The smallest absolute Gasteiger partial charge is 0.431 e. The molecule has 3 aromatic rings. The Bertz CT molecular complexity index is 1320. The number of nitro groups is 1. The van der Waals surface area contributed by atoms with E-state index < -0.39 is 61.9 Å². The van der Waals surface area contributed by atoms with Gasteiger partial charge in [0.05, 0.1) is 15.6 Å². The largest absolute Gasteiger partial charge is 0.432 e. The SMILES string of the molecule is Cn1c(C(F)(F)F)cc(=O)n(-c2cc(Oc3ncccc3[N+](=O)[O-])c(Cl)cc2F)c1=O. The van der Waals surface area contributed by atoms with Crippen LogP contribution in [0.15, 0.2) is 46.1 Å². The normalized spacial score (nSPS) is 11.4. The molecule has 0 radical (unpaired) electrons. The zero-order valence-electron chi connectivity index (χ0n) is 15.2. The number of rotatable bonds is 4. The molecule has 0 fully saturated rings. The zero-order valence-corrected chi connectivity index (χ0v) is 15.9. The van der Waals surface area contributed by atoms with Gasteiger partial charge >= 0.3 is 17.6 Å². The number of alkyl halides is 3. The summed E-state index contributed by atoms with van der Waals surface area (Å²) in [5.74, 6) is -2.19. The van der Waals surface area contributed by atoms with Crippen molar-refractivity contribution in [3.8, 4) is 17.3 Å². The lowest BCUT2D eigenvalue weighted by Gasteiger charge is -2.15. The number of halogens is 5. The molecule has 0 saturated carbocycles. The summed E-state index contributed by atoms with van der Waals surface area (Å²) in [5, 5.41) is 10.7. The highest BCUT2D eigenvalue weighted by Crippen LogP contribution is 2.35. The van der Waals surface area contributed by atoms with E-state index in [4.69, 9.17) is 16.3 Å². The Morgan fingerprint density at radius 2 is 1.90 bits per heavy atom. The third kappa shape index (κ3) is 4.12. The summed E-state index contributed by atoms with van der Waals surface area (Å²) >= 11 is 5.88. The predicted octanol–water partition coefficient (Wildman–Crippen LogP) is 3.44. The highest BCUT2D eigenvalue weighted by molar-refractivity contribution is 6.32. The summed E-state index contributed by atoms with van der Waals surface area (Å²) < 4.78 is 59.0. The molecule has 0 aliphatic rings. The Morgan fingerprint density at radius 1 is 1.23 bits per heavy atom. The van der Waals surface area contributed by atoms with Gasteiger partial charge in [0.15, 0.2) is 5.75 Å². The summed E-state index contributed by atoms with van der Waals surface area (Å²) in [7, 11) is 0.754. The summed E-state index contributed by atoms with van der Waals surface area (Å²) in [5.41, 5.74) is -5.83. The summed E-state index contributed by atoms with van der Waals surface area (Å²) in [6.45, 7) is 0. The molecule has 162 valence electrons. The summed E-state index contributed by atoms with van der Waals surface area (Å²) in [6.07, 6.45) is -3.84. The number of nitrogens with zero attached hydrogens (tertiary/aromatic N) is 4. The van der Waals surface area contributed by atoms with E-state index in [9.17, 15) is 37.3 Å². The average Bonchev–Trinajstić information content (AvgIpc) is 2.67. The van der Waals surface area contributed by atoms with Crippen LogP contribution in [0, 0.1) is 15.9 Å². The molecule has 9 nitrogen and oxygen atoms in total. The maximum atomic E-state index is 14.5. The number of benzene rings is 1. The van der Waals surface area contributed by atoms with Gasteiger partial charge in [-0.15, -0.1) is 0 Å². The maximum Gasteiger partial charge on any atom is 0.431 e.